The van der Waals surface area contributed by atoms with E-state index in [-0.39, 0.29) is 5.91 Å². The van der Waals surface area contributed by atoms with Crippen molar-refractivity contribution in [3.63, 3.8) is 0 Å². The number of nitrogens with one attached hydrogen (secondary N) is 1. The van der Waals surface area contributed by atoms with Crippen molar-refractivity contribution in [1.82, 2.24) is 9.80 Å². The molecule has 1 saturated heterocycles. The molecule has 138 valence electrons. The van der Waals surface area contributed by atoms with Crippen LogP contribution in [0.3, 0.4) is 0 Å². The summed E-state index contributed by atoms with van der Waals surface area (Å²) < 4.78 is 0. The van der Waals surface area contributed by atoms with Gasteiger partial charge in [0.1, 0.15) is 0 Å². The zero-order valence-electron chi connectivity index (χ0n) is 15.9. The molecule has 1 N–H and O–H groups in total. The van der Waals surface area contributed by atoms with E-state index in [9.17, 15) is 4.79 Å². The highest BCUT2D eigenvalue weighted by molar-refractivity contribution is 5.93. The van der Waals surface area contributed by atoms with Gasteiger partial charge in [-0.25, -0.2) is 0 Å². The minimum absolute atomic E-state index is 0.0800. The van der Waals surface area contributed by atoms with Crippen LogP contribution in [0.15, 0.2) is 48.5 Å². The molecule has 26 heavy (non-hydrogen) atoms. The van der Waals surface area contributed by atoms with E-state index in [0.717, 1.165) is 56.0 Å². The molecule has 0 bridgehead atoms. The van der Waals surface area contributed by atoms with E-state index in [1.807, 2.05) is 19.9 Å². The van der Waals surface area contributed by atoms with Gasteiger partial charge >= 0.3 is 0 Å². The van der Waals surface area contributed by atoms with E-state index in [1.165, 1.54) is 5.56 Å². The molecule has 0 unspecified atom stereocenters. The van der Waals surface area contributed by atoms with Crippen LogP contribution in [0.1, 0.15) is 16.7 Å². The van der Waals surface area contributed by atoms with Gasteiger partial charge in [0.15, 0.2) is 0 Å². The lowest BCUT2D eigenvalue weighted by atomic mass is 10.1. The van der Waals surface area contributed by atoms with Crippen molar-refractivity contribution in [3.8, 4) is 0 Å². The summed E-state index contributed by atoms with van der Waals surface area (Å²) in [6.07, 6.45) is 1.09. The molecule has 1 heterocycles. The summed E-state index contributed by atoms with van der Waals surface area (Å²) in [5, 5.41) is 3.06. The molecule has 0 aliphatic carbocycles. The van der Waals surface area contributed by atoms with Gasteiger partial charge in [0.05, 0.1) is 6.54 Å². The van der Waals surface area contributed by atoms with Crippen molar-refractivity contribution in [2.75, 3.05) is 44.6 Å². The molecule has 1 aliphatic heterocycles. The average molecular weight is 351 g/mol. The summed E-state index contributed by atoms with van der Waals surface area (Å²) in [5.41, 5.74) is 4.59. The summed E-state index contributed by atoms with van der Waals surface area (Å²) in [6, 6.07) is 16.8. The van der Waals surface area contributed by atoms with Gasteiger partial charge in [-0.3, -0.25) is 9.69 Å². The Kier molecular flexibility index (Phi) is 6.42. The molecule has 0 aromatic heterocycles. The smallest absolute Gasteiger partial charge is 0.238 e. The van der Waals surface area contributed by atoms with Crippen molar-refractivity contribution >= 4 is 11.6 Å². The predicted molar refractivity (Wildman–Crippen MR) is 108 cm³/mol. The fourth-order valence-electron chi connectivity index (χ4n) is 3.37. The van der Waals surface area contributed by atoms with Crippen LogP contribution in [-0.4, -0.2) is 55.0 Å². The largest absolute Gasteiger partial charge is 0.325 e. The minimum Gasteiger partial charge on any atom is -0.325 e. The van der Waals surface area contributed by atoms with Gasteiger partial charge in [-0.1, -0.05) is 42.5 Å². The van der Waals surface area contributed by atoms with Gasteiger partial charge in [-0.15, -0.1) is 0 Å². The Morgan fingerprint density at radius 1 is 0.962 bits per heavy atom. The van der Waals surface area contributed by atoms with Gasteiger partial charge < -0.3 is 10.2 Å². The lowest BCUT2D eigenvalue weighted by molar-refractivity contribution is -0.117. The number of rotatable bonds is 6. The van der Waals surface area contributed by atoms with Crippen molar-refractivity contribution < 1.29 is 4.79 Å². The minimum atomic E-state index is 0.0800. The molecule has 0 radical (unpaired) electrons. The third-order valence-corrected chi connectivity index (χ3v) is 5.06. The molecular formula is C22H29N3O. The number of carbonyl (C=O) groups is 1. The Balaban J connectivity index is 1.40. The highest BCUT2D eigenvalue weighted by Crippen LogP contribution is 2.16. The summed E-state index contributed by atoms with van der Waals surface area (Å²) in [7, 11) is 0. The predicted octanol–water partition coefficient (Wildman–Crippen LogP) is 3.10. The normalized spacial score (nSPS) is 15.8. The summed E-state index contributed by atoms with van der Waals surface area (Å²) >= 11 is 0. The zero-order chi connectivity index (χ0) is 18.4. The Bertz CT molecular complexity index is 721. The van der Waals surface area contributed by atoms with Gasteiger partial charge in [0, 0.05) is 38.4 Å². The fraction of sp³-hybridized carbons (Fsp3) is 0.409. The van der Waals surface area contributed by atoms with E-state index in [4.69, 9.17) is 0 Å². The molecule has 1 fully saturated rings. The van der Waals surface area contributed by atoms with E-state index in [2.05, 4.69) is 57.6 Å². The average Bonchev–Trinajstić information content (AvgIpc) is 2.65. The van der Waals surface area contributed by atoms with E-state index in [0.29, 0.717) is 6.54 Å². The maximum Gasteiger partial charge on any atom is 0.238 e. The Hall–Kier alpha value is -2.17. The van der Waals surface area contributed by atoms with Crippen LogP contribution < -0.4 is 5.32 Å². The van der Waals surface area contributed by atoms with Gasteiger partial charge in [0.2, 0.25) is 5.91 Å². The number of aryl methyl sites for hydroxylation is 2. The van der Waals surface area contributed by atoms with E-state index < -0.39 is 0 Å². The zero-order valence-corrected chi connectivity index (χ0v) is 15.9. The summed E-state index contributed by atoms with van der Waals surface area (Å²) in [4.78, 5) is 17.1. The van der Waals surface area contributed by atoms with Crippen LogP contribution in [0.25, 0.3) is 0 Å². The molecule has 1 amide bonds. The maximum atomic E-state index is 12.4. The molecule has 2 aromatic carbocycles. The van der Waals surface area contributed by atoms with Crippen LogP contribution in [0.2, 0.25) is 0 Å². The summed E-state index contributed by atoms with van der Waals surface area (Å²) in [5.74, 6) is 0.0800. The molecule has 0 atom stereocenters. The molecule has 0 spiro atoms. The molecule has 2 aromatic rings. The van der Waals surface area contributed by atoms with E-state index in [1.54, 1.807) is 0 Å². The van der Waals surface area contributed by atoms with Crippen molar-refractivity contribution in [3.05, 3.63) is 65.2 Å². The fourth-order valence-corrected chi connectivity index (χ4v) is 3.37. The molecule has 4 nitrogen and oxygen atoms in total. The number of hydrogen-bond donors (Lipinski definition) is 1. The van der Waals surface area contributed by atoms with Crippen LogP contribution >= 0.6 is 0 Å². The van der Waals surface area contributed by atoms with Crippen LogP contribution in [-0.2, 0) is 11.2 Å². The topological polar surface area (TPSA) is 35.6 Å². The third kappa shape index (κ3) is 5.41. The highest BCUT2D eigenvalue weighted by Gasteiger charge is 2.19. The second kappa shape index (κ2) is 8.97. The number of anilines is 1. The Morgan fingerprint density at radius 2 is 1.65 bits per heavy atom. The molecular weight excluding hydrogens is 322 g/mol. The molecule has 1 aliphatic rings. The number of benzene rings is 2. The number of nitrogens with zero attached hydrogens (tertiary/aromatic N) is 2. The SMILES string of the molecule is Cc1ccc(C)c(NC(=O)CN2CCN(CCc3ccccc3)CC2)c1. The first-order valence-corrected chi connectivity index (χ1v) is 9.46. The van der Waals surface area contributed by atoms with Gasteiger partial charge in [-0.2, -0.15) is 0 Å². The maximum absolute atomic E-state index is 12.4. The van der Waals surface area contributed by atoms with Gasteiger partial charge in [0.25, 0.3) is 0 Å². The van der Waals surface area contributed by atoms with Crippen molar-refractivity contribution in [2.45, 2.75) is 20.3 Å². The number of carbonyl (C=O) groups excluding carboxylic acids is 1. The number of piperazine rings is 1. The lowest BCUT2D eigenvalue weighted by Crippen LogP contribution is -2.49. The second-order valence-corrected chi connectivity index (χ2v) is 7.22. The molecule has 4 heteroatoms. The first-order valence-electron chi connectivity index (χ1n) is 9.46. The standard InChI is InChI=1S/C22H29N3O/c1-18-8-9-19(2)21(16-18)23-22(26)17-25-14-12-24(13-15-25)11-10-20-6-4-3-5-7-20/h3-9,16H,10-15,17H2,1-2H3,(H,23,26). The van der Waals surface area contributed by atoms with Crippen LogP contribution in [0.4, 0.5) is 5.69 Å². The Morgan fingerprint density at radius 3 is 2.38 bits per heavy atom. The molecule has 3 rings (SSSR count). The third-order valence-electron chi connectivity index (χ3n) is 5.06. The van der Waals surface area contributed by atoms with E-state index >= 15 is 0 Å². The lowest BCUT2D eigenvalue weighted by Gasteiger charge is -2.34. The van der Waals surface area contributed by atoms with Crippen molar-refractivity contribution in [2.24, 2.45) is 0 Å². The quantitative estimate of drug-likeness (QED) is 0.869. The number of hydrogen-bond acceptors (Lipinski definition) is 3. The highest BCUT2D eigenvalue weighted by atomic mass is 16.2. The number of amides is 1. The molecule has 0 saturated carbocycles. The van der Waals surface area contributed by atoms with Crippen LogP contribution in [0.5, 0.6) is 0 Å². The monoisotopic (exact) mass is 351 g/mol. The van der Waals surface area contributed by atoms with Gasteiger partial charge in [-0.05, 0) is 43.0 Å². The first kappa shape index (κ1) is 18.6. The Labute approximate surface area is 156 Å². The first-order chi connectivity index (χ1) is 12.6. The van der Waals surface area contributed by atoms with Crippen LogP contribution in [0, 0.1) is 13.8 Å². The van der Waals surface area contributed by atoms with Crippen molar-refractivity contribution in [1.29, 1.82) is 0 Å². The second-order valence-electron chi connectivity index (χ2n) is 7.22. The summed E-state index contributed by atoms with van der Waals surface area (Å²) in [6.45, 7) is 9.61.